The highest BCUT2D eigenvalue weighted by Gasteiger charge is 2.21. The first-order chi connectivity index (χ1) is 12.1. The highest BCUT2D eigenvalue weighted by molar-refractivity contribution is 9.10. The lowest BCUT2D eigenvalue weighted by Crippen LogP contribution is -2.25. The number of aromatic nitrogens is 2. The number of para-hydroxylation sites is 1. The predicted molar refractivity (Wildman–Crippen MR) is 99.0 cm³/mol. The Kier molecular flexibility index (Phi) is 5.50. The molecule has 1 heterocycles. The minimum Gasteiger partial charge on any atom is -0.496 e. The molecule has 6 heteroatoms. The van der Waals surface area contributed by atoms with Crippen molar-refractivity contribution >= 4 is 15.9 Å². The third-order valence-corrected chi connectivity index (χ3v) is 4.82. The highest BCUT2D eigenvalue weighted by atomic mass is 79.9. The Morgan fingerprint density at radius 1 is 1.28 bits per heavy atom. The normalized spacial score (nSPS) is 12.2. The summed E-state index contributed by atoms with van der Waals surface area (Å²) >= 11 is 3.42. The maximum absolute atomic E-state index is 13.3. The fourth-order valence-corrected chi connectivity index (χ4v) is 3.27. The van der Waals surface area contributed by atoms with Crippen LogP contribution in [0.3, 0.4) is 0 Å². The maximum Gasteiger partial charge on any atom is 0.130 e. The molecule has 0 amide bonds. The number of ether oxygens (including phenoxy) is 1. The number of imidazole rings is 1. The third-order valence-electron chi connectivity index (χ3n) is 4.08. The maximum atomic E-state index is 13.3. The summed E-state index contributed by atoms with van der Waals surface area (Å²) in [4.78, 5) is 4.49. The van der Waals surface area contributed by atoms with Crippen LogP contribution in [0.5, 0.6) is 5.75 Å². The Hall–Kier alpha value is -2.18. The Balaban J connectivity index is 1.93. The van der Waals surface area contributed by atoms with Gasteiger partial charge in [-0.25, -0.2) is 9.37 Å². The van der Waals surface area contributed by atoms with Crippen LogP contribution >= 0.6 is 15.9 Å². The molecule has 25 heavy (non-hydrogen) atoms. The molecular formula is C19H19BrFN3O. The average Bonchev–Trinajstić information content (AvgIpc) is 3.03. The second kappa shape index (κ2) is 7.80. The van der Waals surface area contributed by atoms with E-state index in [4.69, 9.17) is 4.74 Å². The molecule has 0 radical (unpaired) electrons. The molecule has 1 N–H and O–H groups in total. The monoisotopic (exact) mass is 403 g/mol. The van der Waals surface area contributed by atoms with Crippen LogP contribution in [-0.4, -0.2) is 16.7 Å². The molecular weight excluding hydrogens is 385 g/mol. The molecule has 130 valence electrons. The lowest BCUT2D eigenvalue weighted by Gasteiger charge is -2.21. The molecule has 0 aliphatic rings. The van der Waals surface area contributed by atoms with E-state index in [2.05, 4.69) is 26.2 Å². The van der Waals surface area contributed by atoms with E-state index < -0.39 is 0 Å². The van der Waals surface area contributed by atoms with Gasteiger partial charge in [0, 0.05) is 36.0 Å². The minimum atomic E-state index is -0.263. The second-order valence-corrected chi connectivity index (χ2v) is 6.54. The summed E-state index contributed by atoms with van der Waals surface area (Å²) in [6, 6.07) is 12.4. The van der Waals surface area contributed by atoms with E-state index in [9.17, 15) is 4.39 Å². The van der Waals surface area contributed by atoms with Crippen LogP contribution in [-0.2, 0) is 13.6 Å². The van der Waals surface area contributed by atoms with Crippen LogP contribution in [0.2, 0.25) is 0 Å². The molecule has 3 rings (SSSR count). The smallest absolute Gasteiger partial charge is 0.130 e. The van der Waals surface area contributed by atoms with Crippen molar-refractivity contribution in [3.8, 4) is 5.75 Å². The number of methoxy groups -OCH3 is 1. The summed E-state index contributed by atoms with van der Waals surface area (Å²) in [5, 5.41) is 3.51. The zero-order valence-electron chi connectivity index (χ0n) is 14.0. The molecule has 0 bridgehead atoms. The molecule has 0 aliphatic carbocycles. The van der Waals surface area contributed by atoms with Crippen molar-refractivity contribution in [2.45, 2.75) is 12.6 Å². The van der Waals surface area contributed by atoms with E-state index in [0.29, 0.717) is 6.54 Å². The summed E-state index contributed by atoms with van der Waals surface area (Å²) in [6.45, 7) is 0.552. The van der Waals surface area contributed by atoms with E-state index in [-0.39, 0.29) is 11.9 Å². The van der Waals surface area contributed by atoms with Crippen LogP contribution in [0.1, 0.15) is 23.0 Å². The molecule has 1 atom stereocenters. The number of nitrogens with one attached hydrogen (secondary N) is 1. The lowest BCUT2D eigenvalue weighted by molar-refractivity contribution is 0.401. The van der Waals surface area contributed by atoms with Gasteiger partial charge in [0.25, 0.3) is 0 Å². The molecule has 4 nitrogen and oxygen atoms in total. The first-order valence-electron chi connectivity index (χ1n) is 7.87. The van der Waals surface area contributed by atoms with E-state index >= 15 is 0 Å². The van der Waals surface area contributed by atoms with Gasteiger partial charge >= 0.3 is 0 Å². The zero-order chi connectivity index (χ0) is 17.8. The van der Waals surface area contributed by atoms with E-state index in [1.165, 1.54) is 12.1 Å². The van der Waals surface area contributed by atoms with Crippen molar-refractivity contribution in [1.82, 2.24) is 14.9 Å². The van der Waals surface area contributed by atoms with Gasteiger partial charge in [-0.15, -0.1) is 0 Å². The molecule has 3 aromatic rings. The van der Waals surface area contributed by atoms with Crippen molar-refractivity contribution in [3.63, 3.8) is 0 Å². The predicted octanol–water partition coefficient (Wildman–Crippen LogP) is 4.21. The molecule has 1 unspecified atom stereocenters. The highest BCUT2D eigenvalue weighted by Crippen LogP contribution is 2.29. The number of hydrogen-bond donors (Lipinski definition) is 1. The lowest BCUT2D eigenvalue weighted by atomic mass is 10.0. The van der Waals surface area contributed by atoms with Gasteiger partial charge in [-0.1, -0.05) is 40.2 Å². The summed E-state index contributed by atoms with van der Waals surface area (Å²) < 4.78 is 21.5. The fraction of sp³-hybridized carbons (Fsp3) is 0.211. The largest absolute Gasteiger partial charge is 0.496 e. The first-order valence-corrected chi connectivity index (χ1v) is 8.67. The van der Waals surface area contributed by atoms with E-state index in [1.807, 2.05) is 42.1 Å². The standard InChI is InChI=1S/C19H19BrFN3O/c1-24-10-9-22-19(24)18(15-5-3-4-6-17(15)25-2)23-12-13-7-8-14(21)11-16(13)20/h3-11,18,23H,12H2,1-2H3. The topological polar surface area (TPSA) is 39.1 Å². The molecule has 0 saturated carbocycles. The van der Waals surface area contributed by atoms with Gasteiger partial charge in [-0.2, -0.15) is 0 Å². The van der Waals surface area contributed by atoms with Crippen molar-refractivity contribution in [1.29, 1.82) is 0 Å². The van der Waals surface area contributed by atoms with E-state index in [1.54, 1.807) is 19.4 Å². The van der Waals surface area contributed by atoms with Crippen molar-refractivity contribution in [2.24, 2.45) is 7.05 Å². The van der Waals surface area contributed by atoms with Gasteiger partial charge in [0.05, 0.1) is 13.2 Å². The molecule has 0 spiro atoms. The molecule has 0 fully saturated rings. The number of hydrogen-bond acceptors (Lipinski definition) is 3. The van der Waals surface area contributed by atoms with Crippen LogP contribution < -0.4 is 10.1 Å². The van der Waals surface area contributed by atoms with Crippen LogP contribution in [0.15, 0.2) is 59.3 Å². The van der Waals surface area contributed by atoms with Gasteiger partial charge in [0.2, 0.25) is 0 Å². The molecule has 1 aromatic heterocycles. The number of rotatable bonds is 6. The summed E-state index contributed by atoms with van der Waals surface area (Å²) in [5.74, 6) is 1.41. The zero-order valence-corrected chi connectivity index (χ0v) is 15.6. The Bertz CT molecular complexity index is 865. The minimum absolute atomic E-state index is 0.159. The first kappa shape index (κ1) is 17.6. The van der Waals surface area contributed by atoms with Gasteiger partial charge in [0.15, 0.2) is 0 Å². The average molecular weight is 404 g/mol. The molecule has 0 saturated heterocycles. The van der Waals surface area contributed by atoms with E-state index in [0.717, 1.165) is 27.2 Å². The SMILES string of the molecule is COc1ccccc1C(NCc1ccc(F)cc1Br)c1nccn1C. The summed E-state index contributed by atoms with van der Waals surface area (Å²) in [7, 11) is 3.62. The van der Waals surface area contributed by atoms with Gasteiger partial charge < -0.3 is 9.30 Å². The van der Waals surface area contributed by atoms with Gasteiger partial charge in [0.1, 0.15) is 17.4 Å². The third kappa shape index (κ3) is 3.91. The van der Waals surface area contributed by atoms with Crippen molar-refractivity contribution in [3.05, 3.63) is 82.1 Å². The fourth-order valence-electron chi connectivity index (χ4n) is 2.78. The quantitative estimate of drug-likeness (QED) is 0.669. The summed E-state index contributed by atoms with van der Waals surface area (Å²) in [6.07, 6.45) is 3.68. The Morgan fingerprint density at radius 2 is 2.08 bits per heavy atom. The second-order valence-electron chi connectivity index (χ2n) is 5.69. The Labute approximate surface area is 154 Å². The number of halogens is 2. The summed E-state index contributed by atoms with van der Waals surface area (Å²) in [5.41, 5.74) is 1.97. The van der Waals surface area contributed by atoms with Crippen LogP contribution in [0.25, 0.3) is 0 Å². The van der Waals surface area contributed by atoms with Crippen molar-refractivity contribution in [2.75, 3.05) is 7.11 Å². The molecule has 2 aromatic carbocycles. The molecule has 0 aliphatic heterocycles. The van der Waals surface area contributed by atoms with Crippen molar-refractivity contribution < 1.29 is 9.13 Å². The van der Waals surface area contributed by atoms with Crippen LogP contribution in [0.4, 0.5) is 4.39 Å². The van der Waals surface area contributed by atoms with Gasteiger partial charge in [-0.3, -0.25) is 5.32 Å². The Morgan fingerprint density at radius 3 is 2.76 bits per heavy atom. The van der Waals surface area contributed by atoms with Crippen LogP contribution in [0, 0.1) is 5.82 Å². The number of aryl methyl sites for hydroxylation is 1. The number of benzene rings is 2. The van der Waals surface area contributed by atoms with Gasteiger partial charge in [-0.05, 0) is 23.8 Å². The number of nitrogens with zero attached hydrogens (tertiary/aromatic N) is 2.